The van der Waals surface area contributed by atoms with Gasteiger partial charge in [-0.1, -0.05) is 29.8 Å². The van der Waals surface area contributed by atoms with E-state index in [0.717, 1.165) is 28.2 Å². The molecule has 1 aliphatic rings. The lowest BCUT2D eigenvalue weighted by Gasteiger charge is -2.20. The predicted molar refractivity (Wildman–Crippen MR) is 99.2 cm³/mol. The average molecular weight is 354 g/mol. The van der Waals surface area contributed by atoms with Gasteiger partial charge in [0.1, 0.15) is 17.6 Å². The summed E-state index contributed by atoms with van der Waals surface area (Å²) in [5.74, 6) is 2.40. The van der Waals surface area contributed by atoms with E-state index in [0.29, 0.717) is 16.9 Å². The summed E-state index contributed by atoms with van der Waals surface area (Å²) in [6, 6.07) is 16.9. The maximum Gasteiger partial charge on any atom is 0.206 e. The number of anilines is 1. The Morgan fingerprint density at radius 1 is 1.12 bits per heavy atom. The number of furan rings is 1. The second kappa shape index (κ2) is 6.18. The Labute approximate surface area is 150 Å². The average Bonchev–Trinajstić information content (AvgIpc) is 3.05. The zero-order valence-electron chi connectivity index (χ0n) is 13.5. The van der Waals surface area contributed by atoms with Crippen molar-refractivity contribution in [2.24, 2.45) is 10.7 Å². The van der Waals surface area contributed by atoms with Gasteiger partial charge in [-0.15, -0.1) is 0 Å². The second-order valence-electron chi connectivity index (χ2n) is 5.69. The molecule has 4 rings (SSSR count). The molecule has 126 valence electrons. The van der Waals surface area contributed by atoms with E-state index in [-0.39, 0.29) is 6.04 Å². The summed E-state index contributed by atoms with van der Waals surface area (Å²) in [6.45, 7) is 0. The number of hydrogen-bond acceptors (Lipinski definition) is 5. The number of guanidine groups is 1. The van der Waals surface area contributed by atoms with Crippen molar-refractivity contribution >= 4 is 23.4 Å². The lowest BCUT2D eigenvalue weighted by molar-refractivity contribution is 0.415. The quantitative estimate of drug-likeness (QED) is 0.730. The summed E-state index contributed by atoms with van der Waals surface area (Å²) in [5.41, 5.74) is 8.65. The third-order valence-corrected chi connectivity index (χ3v) is 4.48. The molecule has 1 atom stereocenters. The lowest BCUT2D eigenvalue weighted by Crippen LogP contribution is -2.27. The first-order valence-corrected chi connectivity index (χ1v) is 8.16. The van der Waals surface area contributed by atoms with E-state index in [4.69, 9.17) is 26.5 Å². The summed E-state index contributed by atoms with van der Waals surface area (Å²) in [6.07, 6.45) is 0. The number of benzene rings is 2. The van der Waals surface area contributed by atoms with Crippen LogP contribution in [-0.4, -0.2) is 13.1 Å². The number of fused-ring (bicyclic) bond motifs is 1. The van der Waals surface area contributed by atoms with Crippen LogP contribution < -0.4 is 15.8 Å². The molecule has 0 radical (unpaired) electrons. The van der Waals surface area contributed by atoms with Gasteiger partial charge in [0, 0.05) is 16.1 Å². The van der Waals surface area contributed by atoms with Crippen molar-refractivity contribution in [2.45, 2.75) is 6.04 Å². The maximum absolute atomic E-state index is 6.35. The zero-order chi connectivity index (χ0) is 17.4. The molecule has 0 aliphatic carbocycles. The van der Waals surface area contributed by atoms with Gasteiger partial charge in [0.25, 0.3) is 0 Å². The van der Waals surface area contributed by atoms with Gasteiger partial charge in [0.2, 0.25) is 5.88 Å². The minimum Gasteiger partial charge on any atom is -0.497 e. The first kappa shape index (κ1) is 15.6. The molecular weight excluding hydrogens is 338 g/mol. The molecule has 0 fully saturated rings. The van der Waals surface area contributed by atoms with Gasteiger partial charge in [0.05, 0.1) is 7.11 Å². The monoisotopic (exact) mass is 353 g/mol. The van der Waals surface area contributed by atoms with Crippen LogP contribution in [0.4, 0.5) is 5.88 Å². The van der Waals surface area contributed by atoms with Crippen LogP contribution in [0.1, 0.15) is 17.2 Å². The number of aliphatic imine (C=N–C) groups is 1. The number of rotatable bonds is 3. The zero-order valence-corrected chi connectivity index (χ0v) is 14.2. The summed E-state index contributed by atoms with van der Waals surface area (Å²) < 4.78 is 11.2. The molecule has 2 aromatic carbocycles. The SMILES string of the molecule is COc1ccc(-c2cc3c(o2)NC(N)=NC3c2ccccc2Cl)cc1. The lowest BCUT2D eigenvalue weighted by atomic mass is 9.99. The first-order valence-electron chi connectivity index (χ1n) is 7.78. The molecule has 0 spiro atoms. The van der Waals surface area contributed by atoms with Crippen LogP contribution in [0.3, 0.4) is 0 Å². The van der Waals surface area contributed by atoms with Crippen LogP contribution in [0.2, 0.25) is 5.02 Å². The summed E-state index contributed by atoms with van der Waals surface area (Å²) in [5, 5.41) is 3.63. The van der Waals surface area contributed by atoms with E-state index in [1.807, 2.05) is 54.6 Å². The van der Waals surface area contributed by atoms with Crippen LogP contribution in [0.15, 0.2) is 64.0 Å². The van der Waals surface area contributed by atoms with E-state index in [1.165, 1.54) is 0 Å². The molecule has 0 bridgehead atoms. The molecule has 5 nitrogen and oxygen atoms in total. The van der Waals surface area contributed by atoms with Crippen molar-refractivity contribution in [1.82, 2.24) is 0 Å². The van der Waals surface area contributed by atoms with Crippen LogP contribution in [0, 0.1) is 0 Å². The minimum absolute atomic E-state index is 0.299. The normalized spacial score (nSPS) is 15.9. The van der Waals surface area contributed by atoms with E-state index >= 15 is 0 Å². The number of ether oxygens (including phenoxy) is 1. The smallest absolute Gasteiger partial charge is 0.206 e. The topological polar surface area (TPSA) is 72.8 Å². The molecule has 0 saturated heterocycles. The van der Waals surface area contributed by atoms with Crippen LogP contribution in [0.25, 0.3) is 11.3 Å². The molecule has 0 saturated carbocycles. The Kier molecular flexibility index (Phi) is 3.86. The van der Waals surface area contributed by atoms with Gasteiger partial charge in [-0.25, -0.2) is 4.99 Å². The van der Waals surface area contributed by atoms with Gasteiger partial charge in [-0.05, 0) is 42.0 Å². The molecular formula is C19H16ClN3O2. The number of methoxy groups -OCH3 is 1. The van der Waals surface area contributed by atoms with Crippen LogP contribution >= 0.6 is 11.6 Å². The number of nitrogens with zero attached hydrogens (tertiary/aromatic N) is 1. The van der Waals surface area contributed by atoms with E-state index in [2.05, 4.69) is 10.3 Å². The molecule has 1 aromatic heterocycles. The fourth-order valence-electron chi connectivity index (χ4n) is 2.89. The van der Waals surface area contributed by atoms with Crippen molar-refractivity contribution in [2.75, 3.05) is 12.4 Å². The molecule has 2 heterocycles. The molecule has 25 heavy (non-hydrogen) atoms. The minimum atomic E-state index is -0.305. The Balaban J connectivity index is 1.78. The highest BCUT2D eigenvalue weighted by atomic mass is 35.5. The fourth-order valence-corrected chi connectivity index (χ4v) is 3.13. The third kappa shape index (κ3) is 2.83. The van der Waals surface area contributed by atoms with Crippen molar-refractivity contribution in [1.29, 1.82) is 0 Å². The standard InChI is InChI=1S/C19H16ClN3O2/c1-24-12-8-6-11(7-9-12)16-10-14-17(13-4-2-3-5-15(13)20)22-19(21)23-18(14)25-16/h2-10,17H,1H3,(H3,21,22,23). The molecule has 1 aliphatic heterocycles. The molecule has 3 aromatic rings. The van der Waals surface area contributed by atoms with E-state index in [9.17, 15) is 0 Å². The Bertz CT molecular complexity index is 948. The first-order chi connectivity index (χ1) is 12.2. The number of nitrogens with two attached hydrogens (primary N) is 1. The van der Waals surface area contributed by atoms with Crippen LogP contribution in [0.5, 0.6) is 5.75 Å². The van der Waals surface area contributed by atoms with Gasteiger partial charge in [-0.2, -0.15) is 0 Å². The number of hydrogen-bond donors (Lipinski definition) is 2. The Morgan fingerprint density at radius 3 is 2.60 bits per heavy atom. The highest BCUT2D eigenvalue weighted by molar-refractivity contribution is 6.31. The predicted octanol–water partition coefficient (Wildman–Crippen LogP) is 4.44. The van der Waals surface area contributed by atoms with Gasteiger partial charge in [0.15, 0.2) is 5.96 Å². The maximum atomic E-state index is 6.35. The molecule has 1 unspecified atom stereocenters. The second-order valence-corrected chi connectivity index (χ2v) is 6.09. The van der Waals surface area contributed by atoms with Crippen LogP contribution in [-0.2, 0) is 0 Å². The van der Waals surface area contributed by atoms with Crippen molar-refractivity contribution in [3.05, 3.63) is 70.7 Å². The van der Waals surface area contributed by atoms with E-state index in [1.54, 1.807) is 7.11 Å². The largest absolute Gasteiger partial charge is 0.497 e. The number of nitrogens with one attached hydrogen (secondary N) is 1. The molecule has 6 heteroatoms. The third-order valence-electron chi connectivity index (χ3n) is 4.14. The van der Waals surface area contributed by atoms with Gasteiger partial charge < -0.3 is 14.9 Å². The van der Waals surface area contributed by atoms with Crippen molar-refractivity contribution < 1.29 is 9.15 Å². The number of halogens is 1. The van der Waals surface area contributed by atoms with Gasteiger partial charge >= 0.3 is 0 Å². The highest BCUT2D eigenvalue weighted by Gasteiger charge is 2.28. The highest BCUT2D eigenvalue weighted by Crippen LogP contribution is 2.41. The summed E-state index contributed by atoms with van der Waals surface area (Å²) >= 11 is 6.35. The Morgan fingerprint density at radius 2 is 1.88 bits per heavy atom. The summed E-state index contributed by atoms with van der Waals surface area (Å²) in [4.78, 5) is 4.51. The van der Waals surface area contributed by atoms with Gasteiger partial charge in [-0.3, -0.25) is 5.32 Å². The van der Waals surface area contributed by atoms with Crippen molar-refractivity contribution in [3.63, 3.8) is 0 Å². The summed E-state index contributed by atoms with van der Waals surface area (Å²) in [7, 11) is 1.64. The molecule has 3 N–H and O–H groups in total. The molecule has 0 amide bonds. The van der Waals surface area contributed by atoms with E-state index < -0.39 is 0 Å². The Hall–Kier alpha value is -2.92. The van der Waals surface area contributed by atoms with Crippen molar-refractivity contribution in [3.8, 4) is 17.1 Å². The fraction of sp³-hybridized carbons (Fsp3) is 0.105.